The number of rotatable bonds is 25. The number of nitrogens with one attached hydrogen (secondary N) is 5. The molecule has 0 fully saturated rings. The van der Waals surface area contributed by atoms with Crippen LogP contribution in [0, 0.1) is 0 Å². The van der Waals surface area contributed by atoms with Gasteiger partial charge in [0.2, 0.25) is 21.8 Å². The third kappa shape index (κ3) is 40.9. The Bertz CT molecular complexity index is 5180. The number of aromatic hydroxyl groups is 1. The molecule has 0 aliphatic heterocycles. The minimum atomic E-state index is -1.72. The quantitative estimate of drug-likeness (QED) is 0.00843. The van der Waals surface area contributed by atoms with Crippen molar-refractivity contribution in [2.45, 2.75) is 85.4 Å². The van der Waals surface area contributed by atoms with Crippen LogP contribution in [0.1, 0.15) is 140 Å². The van der Waals surface area contributed by atoms with E-state index in [9.17, 15) is 43.2 Å². The van der Waals surface area contributed by atoms with Crippen LogP contribution in [0.25, 0.3) is 0 Å². The molecule has 119 heavy (non-hydrogen) atoms. The molecule has 7 aromatic heterocycles. The Morgan fingerprint density at radius 1 is 0.420 bits per heavy atom. The topological polar surface area (TPSA) is 407 Å². The van der Waals surface area contributed by atoms with Gasteiger partial charge >= 0.3 is 60.1 Å². The number of Topliss-reactive ketones (excluding diaryl/α,β-unsaturated/α-hetero) is 1. The van der Waals surface area contributed by atoms with E-state index in [1.165, 1.54) is 23.4 Å². The first-order chi connectivity index (χ1) is 56.0. The first kappa shape index (κ1) is 104. The summed E-state index contributed by atoms with van der Waals surface area (Å²) >= 11 is 32.4. The maximum absolute atomic E-state index is 12.1. The van der Waals surface area contributed by atoms with Gasteiger partial charge in [-0.3, -0.25) is 19.2 Å². The van der Waals surface area contributed by atoms with Gasteiger partial charge < -0.3 is 78.6 Å². The fourth-order valence-electron chi connectivity index (χ4n) is 9.62. The number of H-pyrrole nitrogens is 5. The van der Waals surface area contributed by atoms with Gasteiger partial charge in [-0.2, -0.15) is 0 Å². The van der Waals surface area contributed by atoms with Crippen molar-refractivity contribution < 1.29 is 106 Å². The van der Waals surface area contributed by atoms with Gasteiger partial charge in [0, 0.05) is 86.6 Å². The molecular formula is C83H80AlCl9LiN5O20. The SMILES string of the molecule is CCOC(=O)c1cc(C(=O)Cc2ccc(Cl)cc2)c[nH]1.CCOC(=O)c1cc(CCc2ccc(Cl)cc2)c[nH]1.CCOC(=O)c1ccc[nH]1.O=C(Cl)Cc1ccc(Cl)cc1.O=C(O)c1cc(CCc2ccc(Cl)cc2)c[nH]1.O=C(Oc1coc(CO)cc1=O)c1cc(CCc2ccc(Cl)cc2)c[nH]1.O=c1cc(CO)occ1O.[Cl][Al]([Cl])[Cl].[Li+].[OH-]. The van der Waals surface area contributed by atoms with Gasteiger partial charge in [-0.25, -0.2) is 54.1 Å². The van der Waals surface area contributed by atoms with E-state index in [-0.39, 0.29) is 101 Å². The Morgan fingerprint density at radius 3 is 1.11 bits per heavy atom. The van der Waals surface area contributed by atoms with Crippen LogP contribution < -0.4 is 34.5 Å². The fraction of sp³-hybridized carbons (Fsp3) is 0.193. The molecule has 0 atom stereocenters. The Balaban J connectivity index is 0.000000363. The van der Waals surface area contributed by atoms with Gasteiger partial charge in [0.25, 0.3) is 0 Å². The van der Waals surface area contributed by atoms with E-state index in [2.05, 4.69) is 29.3 Å². The molecule has 5 aromatic carbocycles. The zero-order chi connectivity index (χ0) is 85.8. The van der Waals surface area contributed by atoms with Crippen molar-refractivity contribution in [1.29, 1.82) is 0 Å². The third-order valence-corrected chi connectivity index (χ3v) is 16.8. The predicted octanol–water partition coefficient (Wildman–Crippen LogP) is 15.4. The molecule has 0 bridgehead atoms. The van der Waals surface area contributed by atoms with Gasteiger partial charge in [-0.15, -0.1) is 0 Å². The van der Waals surface area contributed by atoms with E-state index in [0.29, 0.717) is 51.8 Å². The number of aliphatic hydroxyl groups excluding tert-OH is 2. The van der Waals surface area contributed by atoms with Gasteiger partial charge in [0.1, 0.15) is 65.7 Å². The molecule has 624 valence electrons. The maximum atomic E-state index is 12.1. The van der Waals surface area contributed by atoms with Gasteiger partial charge in [0.05, 0.1) is 19.8 Å². The summed E-state index contributed by atoms with van der Waals surface area (Å²) in [6, 6.07) is 49.4. The first-order valence-corrected chi connectivity index (χ1v) is 42.8. The second kappa shape index (κ2) is 56.9. The Morgan fingerprint density at radius 2 is 0.756 bits per heavy atom. The zero-order valence-corrected chi connectivity index (χ0v) is 72.2. The van der Waals surface area contributed by atoms with Crippen LogP contribution in [0.3, 0.4) is 0 Å². The second-order valence-corrected chi connectivity index (χ2v) is 33.0. The molecule has 0 saturated heterocycles. The number of aryl methyl sites for hydroxylation is 6. The minimum absolute atomic E-state index is 0. The molecule has 12 aromatic rings. The van der Waals surface area contributed by atoms with Crippen molar-refractivity contribution in [2.75, 3.05) is 19.8 Å². The van der Waals surface area contributed by atoms with E-state index < -0.39 is 52.5 Å². The van der Waals surface area contributed by atoms with Crippen molar-refractivity contribution in [3.05, 3.63) is 349 Å². The summed E-state index contributed by atoms with van der Waals surface area (Å²) in [7, 11) is 14.8. The van der Waals surface area contributed by atoms with E-state index in [1.807, 2.05) is 85.1 Å². The number of benzene rings is 5. The number of aromatic carboxylic acids is 1. The second-order valence-electron chi connectivity index (χ2n) is 24.0. The Hall–Kier alpha value is -9.49. The Labute approximate surface area is 742 Å². The number of hydrogen-bond acceptors (Lipinski definition) is 19. The van der Waals surface area contributed by atoms with Gasteiger partial charge in [-0.1, -0.05) is 119 Å². The molecule has 7 heterocycles. The summed E-state index contributed by atoms with van der Waals surface area (Å²) < 4.78 is 29.1. The predicted molar refractivity (Wildman–Crippen MR) is 455 cm³/mol. The number of aliphatic hydroxyl groups is 2. The summed E-state index contributed by atoms with van der Waals surface area (Å²) in [6.07, 6.45) is 15.9. The average Bonchev–Trinajstić information content (AvgIpc) is 1.84. The molecule has 0 spiro atoms. The molecule has 12 rings (SSSR count). The number of ketones is 1. The normalized spacial score (nSPS) is 9.93. The van der Waals surface area contributed by atoms with Crippen LogP contribution >= 0.6 is 99.8 Å². The van der Waals surface area contributed by atoms with Gasteiger partial charge in [-0.05, 0) is 212 Å². The van der Waals surface area contributed by atoms with Crippen molar-refractivity contribution in [2.24, 2.45) is 0 Å². The molecule has 0 radical (unpaired) electrons. The van der Waals surface area contributed by atoms with E-state index >= 15 is 0 Å². The number of carbonyl (C=O) groups excluding carboxylic acids is 6. The van der Waals surface area contributed by atoms with Crippen molar-refractivity contribution in [3.8, 4) is 11.5 Å². The van der Waals surface area contributed by atoms with Crippen molar-refractivity contribution in [1.82, 2.24) is 24.9 Å². The third-order valence-electron chi connectivity index (χ3n) is 15.4. The zero-order valence-electron chi connectivity index (χ0n) is 64.2. The molecular weight excluding hydrogens is 1740 g/mol. The molecule has 25 nitrogen and oxygen atoms in total. The standard InChI is InChI=1S/C19H16ClNO5.C15H14ClNO3.C15H16ClNO2.C13H12ClNO2.C8H6Cl2O.C7H9NO2.C6H6O4.Al.3ClH.Li.H2O/c20-14-5-3-12(4-6-14)1-2-13-7-16(21-9-13)19(24)26-18-11-25-15(10-22)8-17(18)23;1-2-20-15(19)13-8-11(9-17-13)14(18)7-10-3-5-12(16)6-4-10;1-2-19-15(18)14-9-12(10-17-14)4-3-11-5-7-13(16)8-6-11;14-11-5-3-9(4-6-11)1-2-10-7-12(13(16)17)15-8-10;9-7-3-1-6(2-4-7)5-8(10)11;1-2-10-7(9)6-4-3-5-8-6;7-2-4-1-5(8)6(9)3-10-4;;;;;;/h3-9,11,21-22H,1-2,10H2;3-6,8-9,17H,2,7H2,1H3;5-10,17H,2-4H2,1H3;3-8,15H,1-2H2,(H,16,17);1-4H,5H2;3-5,8H,2H2,1H3;1,3,7,9H,2H2;;3*1H;;1H2/q;;;;;;;+3;;;;+1;/p-4. The number of carboxylic acid groups (broad SMARTS) is 1. The number of aromatic amines is 5. The van der Waals surface area contributed by atoms with Crippen LogP contribution in [0.15, 0.2) is 232 Å². The number of hydrogen-bond donors (Lipinski definition) is 9. The summed E-state index contributed by atoms with van der Waals surface area (Å²) in [4.78, 5) is 116. The van der Waals surface area contributed by atoms with Crippen molar-refractivity contribution >= 4 is 152 Å². The summed E-state index contributed by atoms with van der Waals surface area (Å²) in [5.41, 5.74) is 9.48. The number of esters is 4. The Kier molecular flexibility index (Phi) is 49.6. The van der Waals surface area contributed by atoms with E-state index in [4.69, 9.17) is 144 Å². The molecule has 0 aliphatic rings. The summed E-state index contributed by atoms with van der Waals surface area (Å²) in [5.74, 6) is -3.19. The van der Waals surface area contributed by atoms with E-state index in [0.717, 1.165) is 107 Å². The largest absolute Gasteiger partial charge is 1.00 e. The fourth-order valence-corrected chi connectivity index (χ4v) is 10.4. The average molecular weight is 1820 g/mol. The molecule has 0 saturated carbocycles. The van der Waals surface area contributed by atoms with Crippen LogP contribution in [0.5, 0.6) is 11.5 Å². The van der Waals surface area contributed by atoms with Crippen molar-refractivity contribution in [3.63, 3.8) is 0 Å². The van der Waals surface area contributed by atoms with Crippen LogP contribution in [-0.2, 0) is 83.6 Å². The first-order valence-electron chi connectivity index (χ1n) is 35.3. The molecule has 0 amide bonds. The summed E-state index contributed by atoms with van der Waals surface area (Å²) in [5, 5.41) is 37.9. The monoisotopic (exact) mass is 1820 g/mol. The number of carbonyl (C=O) groups is 7. The number of carboxylic acids is 1. The molecule has 0 aliphatic carbocycles. The van der Waals surface area contributed by atoms with Crippen LogP contribution in [-0.4, -0.2) is 123 Å². The number of aromatic nitrogens is 5. The molecule has 0 unspecified atom stereocenters. The number of halogens is 9. The van der Waals surface area contributed by atoms with E-state index in [1.54, 1.807) is 112 Å². The molecule has 36 heteroatoms. The summed E-state index contributed by atoms with van der Waals surface area (Å²) in [6.45, 7) is 5.66. The van der Waals surface area contributed by atoms with Crippen LogP contribution in [0.2, 0.25) is 25.1 Å². The maximum Gasteiger partial charge on any atom is 1.00 e. The number of ether oxygens (including phenoxy) is 4. The van der Waals surface area contributed by atoms with Gasteiger partial charge in [0.15, 0.2) is 11.5 Å². The van der Waals surface area contributed by atoms with Crippen LogP contribution in [0.4, 0.5) is 0 Å². The molecule has 10 N–H and O–H groups in total. The smallest absolute Gasteiger partial charge is 0.870 e. The minimum Gasteiger partial charge on any atom is -0.870 e.